The standard InChI is InChI=1S/C18H15N3O2.C17H14N4O2.C16H11BrN4O2.C16H11ClN4O2/c1-11-3-8-14-16(9-11)19-10-15-17(14)20-21(18(15)22)12-4-6-13(23-2)7-5-12;1-10-3-5-12-14(7-10)18-9-13-16(12)20-21(17(13)22)11-4-6-15(23-2)19-8-11;1-23-14-5-3-10(7-19-14)21-16(22)12-8-18-13-6-9(17)2-4-11(13)15(12)20-21;1-23-14-5-3-10(7-19-14)21-16(22)12-8-18-13-4-2-9(17)6-11(13)15(12)20-21/h3-10,20H,1-2H3;3-9,20H,1-2H3;2*2-8,20H,1H3/i;;2*1D3. The summed E-state index contributed by atoms with van der Waals surface area (Å²) in [5.74, 6) is 1.15. The fourth-order valence-electron chi connectivity index (χ4n) is 10.4. The molecule has 5 aromatic carbocycles. The highest BCUT2D eigenvalue weighted by Gasteiger charge is 2.17. The fourth-order valence-corrected chi connectivity index (χ4v) is 10.9. The Morgan fingerprint density at radius 2 is 0.761 bits per heavy atom. The van der Waals surface area contributed by atoms with Crippen LogP contribution in [-0.4, -0.2) is 102 Å². The van der Waals surface area contributed by atoms with Gasteiger partial charge in [0.2, 0.25) is 17.6 Å². The van der Waals surface area contributed by atoms with Crippen LogP contribution < -0.4 is 41.2 Å². The van der Waals surface area contributed by atoms with Crippen LogP contribution in [0.5, 0.6) is 23.4 Å². The summed E-state index contributed by atoms with van der Waals surface area (Å²) in [6, 6.07) is 39.6. The highest BCUT2D eigenvalue weighted by molar-refractivity contribution is 9.10. The van der Waals surface area contributed by atoms with Crippen molar-refractivity contribution in [2.45, 2.75) is 13.8 Å². The zero-order valence-corrected chi connectivity index (χ0v) is 51.0. The van der Waals surface area contributed by atoms with E-state index in [9.17, 15) is 19.2 Å². The quantitative estimate of drug-likeness (QED) is 0.110. The number of aromatic nitrogens is 15. The molecule has 0 aliphatic rings. The summed E-state index contributed by atoms with van der Waals surface area (Å²) in [6.45, 7) is 4.04. The van der Waals surface area contributed by atoms with Gasteiger partial charge in [-0.05, 0) is 116 Å². The van der Waals surface area contributed by atoms with Gasteiger partial charge in [0, 0.05) is 74.0 Å². The zero-order valence-electron chi connectivity index (χ0n) is 54.7. The number of ether oxygens (including phenoxy) is 4. The third-order valence-corrected chi connectivity index (χ3v) is 15.8. The van der Waals surface area contributed by atoms with E-state index in [-0.39, 0.29) is 34.0 Å². The van der Waals surface area contributed by atoms with Gasteiger partial charge >= 0.3 is 0 Å². The van der Waals surface area contributed by atoms with Gasteiger partial charge in [-0.2, -0.15) is 0 Å². The number of fused-ring (bicyclic) bond motifs is 12. The summed E-state index contributed by atoms with van der Waals surface area (Å²) in [5.41, 5.74) is 9.74. The Morgan fingerprint density at radius 1 is 0.380 bits per heavy atom. The van der Waals surface area contributed by atoms with Crippen LogP contribution in [-0.2, 0) is 0 Å². The molecule has 0 aliphatic heterocycles. The van der Waals surface area contributed by atoms with Crippen molar-refractivity contribution >= 4 is 115 Å². The fraction of sp³-hybridized carbons (Fsp3) is 0.0896. The van der Waals surface area contributed by atoms with E-state index < -0.39 is 14.1 Å². The molecule has 0 unspecified atom stereocenters. The highest BCUT2D eigenvalue weighted by atomic mass is 79.9. The van der Waals surface area contributed by atoms with E-state index in [4.69, 9.17) is 38.8 Å². The van der Waals surface area contributed by atoms with E-state index in [1.807, 2.05) is 92.7 Å². The third-order valence-electron chi connectivity index (χ3n) is 15.0. The van der Waals surface area contributed by atoms with Crippen molar-refractivity contribution in [2.75, 3.05) is 28.3 Å². The molecule has 0 amide bonds. The van der Waals surface area contributed by atoms with Crippen LogP contribution in [0.15, 0.2) is 200 Å². The van der Waals surface area contributed by atoms with E-state index in [0.29, 0.717) is 66.1 Å². The Morgan fingerprint density at radius 3 is 1.16 bits per heavy atom. The number of nitrogens with one attached hydrogen (secondary N) is 4. The molecular weight excluding hydrogens is 1260 g/mol. The summed E-state index contributed by atoms with van der Waals surface area (Å²) in [5, 5.41) is 18.4. The molecule has 11 heterocycles. The van der Waals surface area contributed by atoms with Crippen LogP contribution >= 0.6 is 27.5 Å². The largest absolute Gasteiger partial charge is 0.497 e. The molecule has 0 aliphatic carbocycles. The van der Waals surface area contributed by atoms with Gasteiger partial charge in [-0.1, -0.05) is 51.8 Å². The summed E-state index contributed by atoms with van der Waals surface area (Å²) in [7, 11) is -2.00. The molecule has 25 heteroatoms. The lowest BCUT2D eigenvalue weighted by Gasteiger charge is -2.03. The number of hydrogen-bond donors (Lipinski definition) is 4. The number of H-pyrrole nitrogens is 4. The molecule has 0 saturated heterocycles. The Hall–Kier alpha value is -11.8. The molecule has 0 saturated carbocycles. The number of pyridine rings is 7. The number of aryl methyl sites for hydroxylation is 2. The molecule has 0 bridgehead atoms. The molecule has 16 rings (SSSR count). The van der Waals surface area contributed by atoms with E-state index >= 15 is 0 Å². The van der Waals surface area contributed by atoms with Crippen molar-refractivity contribution < 1.29 is 27.2 Å². The van der Waals surface area contributed by atoms with Crippen LogP contribution in [0.3, 0.4) is 0 Å². The number of methoxy groups -OCH3 is 4. The van der Waals surface area contributed by atoms with Gasteiger partial charge < -0.3 is 18.9 Å². The van der Waals surface area contributed by atoms with Crippen LogP contribution in [0.1, 0.15) is 19.4 Å². The molecular formula is C67H51BrClN15O8. The van der Waals surface area contributed by atoms with Gasteiger partial charge in [0.1, 0.15) is 5.75 Å². The van der Waals surface area contributed by atoms with Crippen LogP contribution in [0.25, 0.3) is 110 Å². The first-order valence-electron chi connectivity index (χ1n) is 30.8. The second-order valence-electron chi connectivity index (χ2n) is 20.7. The summed E-state index contributed by atoms with van der Waals surface area (Å²) < 4.78 is 68.7. The van der Waals surface area contributed by atoms with E-state index in [2.05, 4.69) is 71.2 Å². The SMILES string of the molecule is COc1ccc(-n2[nH]c3c(cnc4cc(C)ccc43)c2=O)cc1.COc1ccc(-n2[nH]c3c(cnc4cc(C)ccc43)c2=O)cn1.[2H]C([2H])([2H])Oc1ccc(-n2[nH]c3c(cnc4cc(Br)ccc43)c2=O)cn1.[2H]C([2H])([2H])Oc1ccc(-n2[nH]c3c(cnc4ccc(Cl)cc43)c2=O)cn1. The molecule has 23 nitrogen and oxygen atoms in total. The molecule has 11 aromatic heterocycles. The first-order valence-corrected chi connectivity index (χ1v) is 29.0. The van der Waals surface area contributed by atoms with E-state index in [0.717, 1.165) is 76.2 Å². The number of aromatic amines is 4. The monoisotopic (exact) mass is 1310 g/mol. The maximum Gasteiger partial charge on any atom is 0.280 e. The predicted octanol–water partition coefficient (Wildman–Crippen LogP) is 11.7. The third kappa shape index (κ3) is 11.2. The minimum Gasteiger partial charge on any atom is -0.497 e. The van der Waals surface area contributed by atoms with Crippen molar-refractivity contribution in [2.24, 2.45) is 0 Å². The van der Waals surface area contributed by atoms with Gasteiger partial charge in [-0.15, -0.1) is 0 Å². The molecule has 0 spiro atoms. The molecule has 4 N–H and O–H groups in total. The summed E-state index contributed by atoms with van der Waals surface area (Å²) in [6.07, 6.45) is 10.6. The van der Waals surface area contributed by atoms with Gasteiger partial charge in [0.25, 0.3) is 22.2 Å². The normalized spacial score (nSPS) is 12.5. The van der Waals surface area contributed by atoms with Crippen molar-refractivity contribution in [1.82, 2.24) is 74.0 Å². The smallest absolute Gasteiger partial charge is 0.280 e. The van der Waals surface area contributed by atoms with Crippen molar-refractivity contribution in [3.8, 4) is 46.1 Å². The van der Waals surface area contributed by atoms with Crippen molar-refractivity contribution in [3.05, 3.63) is 239 Å². The lowest BCUT2D eigenvalue weighted by atomic mass is 10.1. The molecule has 456 valence electrons. The molecule has 0 radical (unpaired) electrons. The number of hydrogen-bond acceptors (Lipinski definition) is 15. The molecule has 0 atom stereocenters. The minimum atomic E-state index is -2.59. The number of benzene rings is 5. The average molecular weight is 1320 g/mol. The lowest BCUT2D eigenvalue weighted by Crippen LogP contribution is -2.14. The van der Waals surface area contributed by atoms with E-state index in [1.165, 1.54) is 61.7 Å². The lowest BCUT2D eigenvalue weighted by molar-refractivity contribution is 0.397. The maximum absolute atomic E-state index is 12.7. The summed E-state index contributed by atoms with van der Waals surface area (Å²) >= 11 is 9.46. The van der Waals surface area contributed by atoms with Gasteiger partial charge in [0.05, 0.1) is 144 Å². The molecule has 16 aromatic rings. The molecule has 92 heavy (non-hydrogen) atoms. The zero-order chi connectivity index (χ0) is 68.9. The second kappa shape index (κ2) is 24.7. The topological polar surface area (TPSA) is 278 Å². The maximum atomic E-state index is 12.7. The minimum absolute atomic E-state index is 0.0464. The predicted molar refractivity (Wildman–Crippen MR) is 359 cm³/mol. The van der Waals surface area contributed by atoms with Crippen molar-refractivity contribution in [1.29, 1.82) is 0 Å². The van der Waals surface area contributed by atoms with Crippen LogP contribution in [0.4, 0.5) is 0 Å². The van der Waals surface area contributed by atoms with E-state index in [1.54, 1.807) is 69.2 Å². The highest BCUT2D eigenvalue weighted by Crippen LogP contribution is 2.28. The Kier molecular flexibility index (Phi) is 14.0. The van der Waals surface area contributed by atoms with Gasteiger partial charge in [-0.3, -0.25) is 59.5 Å². The number of halogens is 2. The van der Waals surface area contributed by atoms with Crippen LogP contribution in [0, 0.1) is 13.8 Å². The first-order chi connectivity index (χ1) is 47.0. The Labute approximate surface area is 540 Å². The van der Waals surface area contributed by atoms with Gasteiger partial charge in [0.15, 0.2) is 0 Å². The number of nitrogens with zero attached hydrogens (tertiary/aromatic N) is 11. The number of rotatable bonds is 8. The van der Waals surface area contributed by atoms with Gasteiger partial charge in [-0.25, -0.2) is 33.7 Å². The average Bonchev–Trinajstić information content (AvgIpc) is 1.63. The second-order valence-corrected chi connectivity index (χ2v) is 22.1. The summed E-state index contributed by atoms with van der Waals surface area (Å²) in [4.78, 5) is 80.1. The van der Waals surface area contributed by atoms with Crippen LogP contribution in [0.2, 0.25) is 5.02 Å². The Bertz CT molecular complexity index is 5820. The Balaban J connectivity index is 0.000000118. The van der Waals surface area contributed by atoms with Crippen molar-refractivity contribution in [3.63, 3.8) is 0 Å². The molecule has 0 fully saturated rings. The first kappa shape index (κ1) is 52.2.